The number of rotatable bonds is 6. The molecule has 144 valence electrons. The second-order valence-corrected chi connectivity index (χ2v) is 10.2. The first-order valence-corrected chi connectivity index (χ1v) is 11.5. The van der Waals surface area contributed by atoms with Crippen molar-refractivity contribution >= 4 is 49.1 Å². The van der Waals surface area contributed by atoms with Crippen LogP contribution in [0.15, 0.2) is 51.1 Å². The maximum absolute atomic E-state index is 12.7. The summed E-state index contributed by atoms with van der Waals surface area (Å²) in [6.07, 6.45) is 1.34. The topological polar surface area (TPSA) is 83.6 Å². The van der Waals surface area contributed by atoms with Crippen molar-refractivity contribution in [3.05, 3.63) is 51.1 Å². The van der Waals surface area contributed by atoms with Gasteiger partial charge < -0.3 is 4.90 Å². The Balaban J connectivity index is 1.66. The Labute approximate surface area is 170 Å². The van der Waals surface area contributed by atoms with Gasteiger partial charge in [-0.25, -0.2) is 13.1 Å². The fraction of sp³-hybridized carbons (Fsp3) is 0.333. The van der Waals surface area contributed by atoms with Crippen molar-refractivity contribution in [2.45, 2.75) is 36.6 Å². The minimum Gasteiger partial charge on any atom is -0.328 e. The maximum Gasteiger partial charge on any atom is 0.264 e. The van der Waals surface area contributed by atoms with E-state index in [0.29, 0.717) is 25.8 Å². The molecule has 1 aliphatic heterocycles. The first-order valence-electron chi connectivity index (χ1n) is 8.38. The molecule has 2 aromatic rings. The molecule has 1 aromatic carbocycles. The van der Waals surface area contributed by atoms with E-state index >= 15 is 0 Å². The van der Waals surface area contributed by atoms with Crippen molar-refractivity contribution in [3.63, 3.8) is 0 Å². The van der Waals surface area contributed by atoms with Crippen LogP contribution in [0.5, 0.6) is 0 Å². The Bertz CT molecular complexity index is 942. The minimum absolute atomic E-state index is 0.00227. The zero-order chi connectivity index (χ0) is 19.7. The lowest BCUT2D eigenvalue weighted by Gasteiger charge is -2.49. The number of thiophene rings is 1. The molecular weight excluding hydrogens is 452 g/mol. The van der Waals surface area contributed by atoms with E-state index in [4.69, 9.17) is 0 Å². The predicted molar refractivity (Wildman–Crippen MR) is 107 cm³/mol. The van der Waals surface area contributed by atoms with E-state index < -0.39 is 21.5 Å². The lowest BCUT2D eigenvalue weighted by atomic mass is 9.85. The highest BCUT2D eigenvalue weighted by atomic mass is 79.9. The second kappa shape index (κ2) is 7.73. The fourth-order valence-corrected chi connectivity index (χ4v) is 4.97. The summed E-state index contributed by atoms with van der Waals surface area (Å²) in [6, 6.07) is 9.89. The molecule has 9 heteroatoms. The molecular formula is C18H19BrN2O4S2. The van der Waals surface area contributed by atoms with E-state index in [-0.39, 0.29) is 10.8 Å². The summed E-state index contributed by atoms with van der Waals surface area (Å²) in [4.78, 5) is 27.7. The molecule has 6 nitrogen and oxygen atoms in total. The number of amides is 2. The number of hydrogen-bond donors (Lipinski definition) is 1. The quantitative estimate of drug-likeness (QED) is 0.703. The van der Waals surface area contributed by atoms with Crippen LogP contribution in [0.25, 0.3) is 0 Å². The van der Waals surface area contributed by atoms with Crippen LogP contribution >= 0.6 is 27.3 Å². The molecule has 0 saturated carbocycles. The smallest absolute Gasteiger partial charge is 0.264 e. The number of sulfonamides is 1. The van der Waals surface area contributed by atoms with Gasteiger partial charge in [0.1, 0.15) is 5.54 Å². The van der Waals surface area contributed by atoms with Crippen LogP contribution in [0.1, 0.15) is 24.6 Å². The van der Waals surface area contributed by atoms with Crippen LogP contribution in [0, 0.1) is 0 Å². The molecule has 0 aliphatic carbocycles. The van der Waals surface area contributed by atoms with Crippen LogP contribution in [0.3, 0.4) is 0 Å². The molecule has 1 atom stereocenters. The molecule has 2 heterocycles. The summed E-state index contributed by atoms with van der Waals surface area (Å²) in [5.74, 6) is -0.825. The summed E-state index contributed by atoms with van der Waals surface area (Å²) in [6.45, 7) is 2.05. The number of aryl methyl sites for hydroxylation is 1. The second-order valence-electron chi connectivity index (χ2n) is 6.54. The highest BCUT2D eigenvalue weighted by Crippen LogP contribution is 2.32. The van der Waals surface area contributed by atoms with Crippen molar-refractivity contribution in [1.29, 1.82) is 0 Å². The molecule has 0 radical (unpaired) electrons. The zero-order valence-corrected chi connectivity index (χ0v) is 17.9. The number of benzene rings is 1. The summed E-state index contributed by atoms with van der Waals surface area (Å²) in [5.41, 5.74) is -1.14. The van der Waals surface area contributed by atoms with Crippen LogP contribution in [0.2, 0.25) is 0 Å². The zero-order valence-electron chi connectivity index (χ0n) is 14.6. The van der Waals surface area contributed by atoms with Crippen LogP contribution < -0.4 is 4.72 Å². The Morgan fingerprint density at radius 3 is 2.52 bits per heavy atom. The Hall–Kier alpha value is -1.71. The van der Waals surface area contributed by atoms with Gasteiger partial charge in [-0.2, -0.15) is 0 Å². The van der Waals surface area contributed by atoms with E-state index in [1.807, 2.05) is 17.5 Å². The molecule has 0 spiro atoms. The lowest BCUT2D eigenvalue weighted by molar-refractivity contribution is -0.156. The van der Waals surface area contributed by atoms with Gasteiger partial charge in [0.25, 0.3) is 15.9 Å². The number of likely N-dealkylation sites (tertiary alicyclic amines) is 1. The number of nitrogens with one attached hydrogen (secondary N) is 1. The summed E-state index contributed by atoms with van der Waals surface area (Å²) < 4.78 is 27.8. The highest BCUT2D eigenvalue weighted by Gasteiger charge is 2.50. The number of hydrogen-bond acceptors (Lipinski definition) is 5. The Kier molecular flexibility index (Phi) is 5.73. The highest BCUT2D eigenvalue weighted by molar-refractivity contribution is 9.10. The van der Waals surface area contributed by atoms with Gasteiger partial charge >= 0.3 is 0 Å². The lowest BCUT2D eigenvalue weighted by Crippen LogP contribution is -2.67. The Morgan fingerprint density at radius 2 is 1.96 bits per heavy atom. The third-order valence-electron chi connectivity index (χ3n) is 4.72. The van der Waals surface area contributed by atoms with E-state index in [2.05, 4.69) is 20.7 Å². The largest absolute Gasteiger partial charge is 0.328 e. The average molecular weight is 471 g/mol. The van der Waals surface area contributed by atoms with Gasteiger partial charge in [-0.1, -0.05) is 22.0 Å². The predicted octanol–water partition coefficient (Wildman–Crippen LogP) is 2.94. The number of nitrogens with zero attached hydrogens (tertiary/aromatic N) is 1. The maximum atomic E-state index is 12.7. The molecule has 0 bridgehead atoms. The SMILES string of the molecule is CC1(C(=O)NS(=O)(=O)c2ccc(Br)cc2)CCN1C(=O)CCc1cccs1. The van der Waals surface area contributed by atoms with Gasteiger partial charge in [0.2, 0.25) is 5.91 Å². The van der Waals surface area contributed by atoms with Crippen molar-refractivity contribution in [1.82, 2.24) is 9.62 Å². The third kappa shape index (κ3) is 4.25. The van der Waals surface area contributed by atoms with Gasteiger partial charge in [0.05, 0.1) is 4.90 Å². The molecule has 1 saturated heterocycles. The van der Waals surface area contributed by atoms with Gasteiger partial charge in [-0.05, 0) is 55.5 Å². The van der Waals surface area contributed by atoms with Crippen LogP contribution in [-0.2, 0) is 26.0 Å². The van der Waals surface area contributed by atoms with Crippen LogP contribution in [-0.4, -0.2) is 37.2 Å². The van der Waals surface area contributed by atoms with Crippen molar-refractivity contribution in [3.8, 4) is 0 Å². The summed E-state index contributed by atoms with van der Waals surface area (Å²) in [7, 11) is -3.99. The third-order valence-corrected chi connectivity index (χ3v) is 7.54. The van der Waals surface area contributed by atoms with Gasteiger partial charge in [0, 0.05) is 22.3 Å². The standard InChI is InChI=1S/C18H19BrN2O4S2/c1-18(10-11-21(18)16(22)9-6-14-3-2-12-26-14)17(23)20-27(24,25)15-7-4-13(19)5-8-15/h2-5,7-8,12H,6,9-11H2,1H3,(H,20,23). The summed E-state index contributed by atoms with van der Waals surface area (Å²) in [5, 5.41) is 1.95. The van der Waals surface area contributed by atoms with Crippen molar-refractivity contribution in [2.75, 3.05) is 6.54 Å². The van der Waals surface area contributed by atoms with Gasteiger partial charge in [-0.15, -0.1) is 11.3 Å². The average Bonchev–Trinajstić information content (AvgIpc) is 3.11. The Morgan fingerprint density at radius 1 is 1.26 bits per heavy atom. The molecule has 2 amide bonds. The van der Waals surface area contributed by atoms with Crippen LogP contribution in [0.4, 0.5) is 0 Å². The first-order chi connectivity index (χ1) is 12.7. The minimum atomic E-state index is -3.99. The number of carbonyl (C=O) groups is 2. The van der Waals surface area contributed by atoms with Crippen molar-refractivity contribution in [2.24, 2.45) is 0 Å². The summed E-state index contributed by atoms with van der Waals surface area (Å²) >= 11 is 4.82. The first kappa shape index (κ1) is 20.0. The van der Waals surface area contributed by atoms with E-state index in [1.165, 1.54) is 17.0 Å². The fourth-order valence-electron chi connectivity index (χ4n) is 2.92. The van der Waals surface area contributed by atoms with E-state index in [1.54, 1.807) is 30.4 Å². The molecule has 1 fully saturated rings. The van der Waals surface area contributed by atoms with E-state index in [0.717, 1.165) is 9.35 Å². The molecule has 3 rings (SSSR count). The van der Waals surface area contributed by atoms with Crippen molar-refractivity contribution < 1.29 is 18.0 Å². The van der Waals surface area contributed by atoms with Gasteiger partial charge in [-0.3, -0.25) is 9.59 Å². The monoisotopic (exact) mass is 470 g/mol. The molecule has 1 N–H and O–H groups in total. The molecule has 1 unspecified atom stereocenters. The normalized spacial score (nSPS) is 19.4. The number of carbonyl (C=O) groups excluding carboxylic acids is 2. The molecule has 1 aromatic heterocycles. The van der Waals surface area contributed by atoms with E-state index in [9.17, 15) is 18.0 Å². The molecule has 1 aliphatic rings. The number of halogens is 1. The van der Waals surface area contributed by atoms with Gasteiger partial charge in [0.15, 0.2) is 0 Å². The molecule has 27 heavy (non-hydrogen) atoms.